The van der Waals surface area contributed by atoms with Crippen LogP contribution in [0.5, 0.6) is 5.75 Å². The van der Waals surface area contributed by atoms with Gasteiger partial charge in [0.2, 0.25) is 0 Å². The number of nitrogens with zero attached hydrogens (tertiary/aromatic N) is 1. The third-order valence-corrected chi connectivity index (χ3v) is 2.54. The average molecular weight is 242 g/mol. The molecule has 0 fully saturated rings. The first kappa shape index (κ1) is 12.4. The number of hydrogen-bond acceptors (Lipinski definition) is 3. The highest BCUT2D eigenvalue weighted by Gasteiger charge is 2.07. The number of rotatable bonds is 2. The monoisotopic (exact) mass is 242 g/mol. The topological polar surface area (TPSA) is 44.6 Å². The van der Waals surface area contributed by atoms with E-state index in [1.54, 1.807) is 12.3 Å². The lowest BCUT2D eigenvalue weighted by Crippen LogP contribution is -2.31. The van der Waals surface area contributed by atoms with Crippen LogP contribution in [0, 0.1) is 0 Å². The molecular weight excluding hydrogens is 224 g/mol. The summed E-state index contributed by atoms with van der Waals surface area (Å²) in [5.74, 6) is 0.244. The van der Waals surface area contributed by atoms with Crippen molar-refractivity contribution in [1.29, 1.82) is 0 Å². The fraction of sp³-hybridized carbons (Fsp3) is 0.267. The lowest BCUT2D eigenvalue weighted by molar-refractivity contribution is 0.441. The molecule has 0 bridgehead atoms. The van der Waals surface area contributed by atoms with Crippen LogP contribution in [0.4, 0.5) is 0 Å². The molecule has 0 amide bonds. The van der Waals surface area contributed by atoms with E-state index in [4.69, 9.17) is 0 Å². The van der Waals surface area contributed by atoms with Crippen molar-refractivity contribution in [3.8, 4) is 5.75 Å². The van der Waals surface area contributed by atoms with E-state index in [0.717, 1.165) is 16.3 Å². The summed E-state index contributed by atoms with van der Waals surface area (Å²) < 4.78 is 0. The molecule has 0 aromatic heterocycles. The Morgan fingerprint density at radius 1 is 1.11 bits per heavy atom. The zero-order chi connectivity index (χ0) is 13.2. The van der Waals surface area contributed by atoms with Gasteiger partial charge in [-0.2, -0.15) is 5.10 Å². The van der Waals surface area contributed by atoms with Crippen molar-refractivity contribution < 1.29 is 5.11 Å². The Labute approximate surface area is 107 Å². The molecule has 3 heteroatoms. The Balaban J connectivity index is 2.40. The summed E-state index contributed by atoms with van der Waals surface area (Å²) in [4.78, 5) is 0. The normalized spacial score (nSPS) is 12.2. The Kier molecular flexibility index (Phi) is 3.24. The van der Waals surface area contributed by atoms with Crippen LogP contribution in [-0.4, -0.2) is 16.9 Å². The van der Waals surface area contributed by atoms with Crippen LogP contribution < -0.4 is 5.43 Å². The molecule has 0 atom stereocenters. The molecule has 0 aliphatic heterocycles. The predicted molar refractivity (Wildman–Crippen MR) is 76.1 cm³/mol. The maximum absolute atomic E-state index is 9.92. The average Bonchev–Trinajstić information content (AvgIpc) is 2.31. The van der Waals surface area contributed by atoms with Gasteiger partial charge in [0.05, 0.1) is 6.21 Å². The van der Waals surface area contributed by atoms with E-state index in [2.05, 4.69) is 10.5 Å². The number of nitrogens with one attached hydrogen (secondary N) is 1. The Morgan fingerprint density at radius 3 is 2.56 bits per heavy atom. The second-order valence-electron chi connectivity index (χ2n) is 5.34. The predicted octanol–water partition coefficient (Wildman–Crippen LogP) is 3.27. The van der Waals surface area contributed by atoms with E-state index in [1.807, 2.05) is 51.1 Å². The van der Waals surface area contributed by atoms with E-state index in [9.17, 15) is 5.11 Å². The van der Waals surface area contributed by atoms with Gasteiger partial charge in [-0.05, 0) is 37.6 Å². The highest BCUT2D eigenvalue weighted by Crippen LogP contribution is 2.25. The summed E-state index contributed by atoms with van der Waals surface area (Å²) in [5.41, 5.74) is 3.67. The van der Waals surface area contributed by atoms with Crippen molar-refractivity contribution in [2.45, 2.75) is 26.3 Å². The van der Waals surface area contributed by atoms with Gasteiger partial charge in [-0.25, -0.2) is 0 Å². The molecule has 0 saturated heterocycles. The van der Waals surface area contributed by atoms with Crippen LogP contribution in [0.2, 0.25) is 0 Å². The molecule has 0 saturated carbocycles. The first-order chi connectivity index (χ1) is 8.47. The third kappa shape index (κ3) is 2.80. The van der Waals surface area contributed by atoms with Crippen molar-refractivity contribution in [2.75, 3.05) is 0 Å². The van der Waals surface area contributed by atoms with E-state index in [-0.39, 0.29) is 11.3 Å². The second kappa shape index (κ2) is 4.69. The zero-order valence-electron chi connectivity index (χ0n) is 10.9. The molecule has 18 heavy (non-hydrogen) atoms. The van der Waals surface area contributed by atoms with Gasteiger partial charge in [0.1, 0.15) is 5.75 Å². The van der Waals surface area contributed by atoms with Crippen LogP contribution in [0.15, 0.2) is 41.5 Å². The minimum Gasteiger partial charge on any atom is -0.507 e. The number of fused-ring (bicyclic) bond motifs is 1. The number of benzene rings is 2. The number of phenols is 1. The van der Waals surface area contributed by atoms with Crippen LogP contribution in [0.3, 0.4) is 0 Å². The maximum Gasteiger partial charge on any atom is 0.125 e. The van der Waals surface area contributed by atoms with Gasteiger partial charge >= 0.3 is 0 Å². The minimum absolute atomic E-state index is 0.0866. The summed E-state index contributed by atoms with van der Waals surface area (Å²) in [6, 6.07) is 11.5. The fourth-order valence-electron chi connectivity index (χ4n) is 1.71. The van der Waals surface area contributed by atoms with Gasteiger partial charge in [-0.15, -0.1) is 0 Å². The Hall–Kier alpha value is -2.03. The summed E-state index contributed by atoms with van der Waals surface area (Å²) in [7, 11) is 0. The van der Waals surface area contributed by atoms with Gasteiger partial charge in [-0.3, -0.25) is 0 Å². The van der Waals surface area contributed by atoms with Crippen LogP contribution in [0.1, 0.15) is 26.3 Å². The molecule has 2 N–H and O–H groups in total. The Bertz CT molecular complexity index is 583. The summed E-state index contributed by atoms with van der Waals surface area (Å²) >= 11 is 0. The van der Waals surface area contributed by atoms with Gasteiger partial charge in [0.15, 0.2) is 0 Å². The smallest absolute Gasteiger partial charge is 0.125 e. The summed E-state index contributed by atoms with van der Waals surface area (Å²) in [5, 5.41) is 16.2. The highest BCUT2D eigenvalue weighted by atomic mass is 16.3. The quantitative estimate of drug-likeness (QED) is 0.627. The molecule has 2 aromatic carbocycles. The first-order valence-corrected chi connectivity index (χ1v) is 5.98. The molecule has 2 rings (SSSR count). The lowest BCUT2D eigenvalue weighted by Gasteiger charge is -2.17. The lowest BCUT2D eigenvalue weighted by atomic mass is 10.0. The van der Waals surface area contributed by atoms with Gasteiger partial charge in [0, 0.05) is 11.1 Å². The van der Waals surface area contributed by atoms with Crippen molar-refractivity contribution in [2.24, 2.45) is 5.10 Å². The fourth-order valence-corrected chi connectivity index (χ4v) is 1.71. The molecule has 2 aromatic rings. The zero-order valence-corrected chi connectivity index (χ0v) is 10.9. The first-order valence-electron chi connectivity index (χ1n) is 5.98. The van der Waals surface area contributed by atoms with Crippen molar-refractivity contribution >= 4 is 17.0 Å². The number of hydrogen-bond donors (Lipinski definition) is 2. The molecule has 0 aliphatic rings. The van der Waals surface area contributed by atoms with Gasteiger partial charge in [-0.1, -0.05) is 30.3 Å². The SMILES string of the molecule is CC(C)(C)NN=Cc1c(O)ccc2ccccc12. The van der Waals surface area contributed by atoms with E-state index in [1.165, 1.54) is 0 Å². The summed E-state index contributed by atoms with van der Waals surface area (Å²) in [6.45, 7) is 6.11. The van der Waals surface area contributed by atoms with E-state index < -0.39 is 0 Å². The maximum atomic E-state index is 9.92. The number of hydrazone groups is 1. The second-order valence-corrected chi connectivity index (χ2v) is 5.34. The molecule has 0 heterocycles. The van der Waals surface area contributed by atoms with Crippen LogP contribution >= 0.6 is 0 Å². The largest absolute Gasteiger partial charge is 0.507 e. The van der Waals surface area contributed by atoms with Gasteiger partial charge < -0.3 is 10.5 Å². The van der Waals surface area contributed by atoms with Crippen molar-refractivity contribution in [3.05, 3.63) is 42.0 Å². The van der Waals surface area contributed by atoms with Gasteiger partial charge in [0.25, 0.3) is 0 Å². The van der Waals surface area contributed by atoms with Crippen LogP contribution in [-0.2, 0) is 0 Å². The highest BCUT2D eigenvalue weighted by molar-refractivity contribution is 6.02. The standard InChI is InChI=1S/C15H18N2O/c1-15(2,3)17-16-10-13-12-7-5-4-6-11(12)8-9-14(13)18/h4-10,17-18H,1-3H3. The Morgan fingerprint density at radius 2 is 1.83 bits per heavy atom. The number of aromatic hydroxyl groups is 1. The molecule has 0 unspecified atom stereocenters. The van der Waals surface area contributed by atoms with E-state index in [0.29, 0.717) is 0 Å². The summed E-state index contributed by atoms with van der Waals surface area (Å²) in [6.07, 6.45) is 1.67. The molecule has 3 nitrogen and oxygen atoms in total. The molecule has 94 valence electrons. The van der Waals surface area contributed by atoms with Crippen molar-refractivity contribution in [1.82, 2.24) is 5.43 Å². The van der Waals surface area contributed by atoms with Crippen LogP contribution in [0.25, 0.3) is 10.8 Å². The molecule has 0 radical (unpaired) electrons. The third-order valence-electron chi connectivity index (χ3n) is 2.54. The van der Waals surface area contributed by atoms with E-state index >= 15 is 0 Å². The minimum atomic E-state index is -0.0866. The van der Waals surface area contributed by atoms with Crippen molar-refractivity contribution in [3.63, 3.8) is 0 Å². The molecule has 0 spiro atoms. The molecule has 0 aliphatic carbocycles. The number of phenolic OH excluding ortho intramolecular Hbond substituents is 1. The molecular formula is C15H18N2O.